The van der Waals surface area contributed by atoms with Gasteiger partial charge in [0.1, 0.15) is 5.75 Å². The van der Waals surface area contributed by atoms with Crippen molar-refractivity contribution in [2.24, 2.45) is 0 Å². The molecular formula is C23H22BrNO4. The normalized spacial score (nSPS) is 13.1. The van der Waals surface area contributed by atoms with E-state index in [-0.39, 0.29) is 12.5 Å². The summed E-state index contributed by atoms with van der Waals surface area (Å²) in [5, 5.41) is 2.18. The van der Waals surface area contributed by atoms with Gasteiger partial charge >= 0.3 is 0 Å². The number of carbonyl (C=O) groups excluding carboxylic acids is 1. The molecule has 1 aliphatic rings. The van der Waals surface area contributed by atoms with Gasteiger partial charge in [0.15, 0.2) is 18.1 Å². The van der Waals surface area contributed by atoms with Crippen molar-refractivity contribution in [1.82, 2.24) is 4.90 Å². The molecule has 0 radical (unpaired) electrons. The largest absolute Gasteiger partial charge is 0.493 e. The lowest BCUT2D eigenvalue weighted by Gasteiger charge is -2.29. The molecule has 1 heterocycles. The Balaban J connectivity index is 1.46. The number of hydrogen-bond donors (Lipinski definition) is 0. The Morgan fingerprint density at radius 1 is 1.00 bits per heavy atom. The van der Waals surface area contributed by atoms with Crippen LogP contribution < -0.4 is 14.2 Å². The van der Waals surface area contributed by atoms with Crippen LogP contribution >= 0.6 is 15.9 Å². The van der Waals surface area contributed by atoms with Gasteiger partial charge in [0.05, 0.1) is 18.7 Å². The summed E-state index contributed by atoms with van der Waals surface area (Å²) in [4.78, 5) is 14.6. The van der Waals surface area contributed by atoms with Crippen LogP contribution in [0.25, 0.3) is 10.8 Å². The summed E-state index contributed by atoms with van der Waals surface area (Å²) in [6, 6.07) is 15.9. The van der Waals surface area contributed by atoms with Crippen molar-refractivity contribution in [3.8, 4) is 17.2 Å². The molecule has 0 bridgehead atoms. The molecule has 0 aliphatic carbocycles. The SMILES string of the molecule is COc1cc2c(cc1OC)CN(C(=O)COc1ccc3ccccc3c1Br)CC2. The number of ether oxygens (including phenoxy) is 3. The van der Waals surface area contributed by atoms with Gasteiger partial charge in [0.25, 0.3) is 5.91 Å². The van der Waals surface area contributed by atoms with E-state index in [0.717, 1.165) is 33.0 Å². The highest BCUT2D eigenvalue weighted by molar-refractivity contribution is 9.10. The van der Waals surface area contributed by atoms with E-state index in [1.807, 2.05) is 53.4 Å². The summed E-state index contributed by atoms with van der Waals surface area (Å²) in [6.07, 6.45) is 0.779. The molecule has 0 N–H and O–H groups in total. The fourth-order valence-corrected chi connectivity index (χ4v) is 4.26. The Hall–Kier alpha value is -2.73. The third-order valence-electron chi connectivity index (χ3n) is 5.25. The first-order valence-electron chi connectivity index (χ1n) is 9.42. The zero-order valence-corrected chi connectivity index (χ0v) is 18.0. The Labute approximate surface area is 178 Å². The van der Waals surface area contributed by atoms with Gasteiger partial charge in [-0.15, -0.1) is 0 Å². The molecule has 5 nitrogen and oxygen atoms in total. The minimum absolute atomic E-state index is 0.000433. The topological polar surface area (TPSA) is 48.0 Å². The molecule has 0 spiro atoms. The molecule has 0 saturated carbocycles. The number of methoxy groups -OCH3 is 2. The highest BCUT2D eigenvalue weighted by Crippen LogP contribution is 2.34. The van der Waals surface area contributed by atoms with Crippen molar-refractivity contribution < 1.29 is 19.0 Å². The van der Waals surface area contributed by atoms with Gasteiger partial charge < -0.3 is 19.1 Å². The minimum atomic E-state index is -0.0366. The van der Waals surface area contributed by atoms with E-state index < -0.39 is 0 Å². The van der Waals surface area contributed by atoms with Crippen LogP contribution in [0.5, 0.6) is 17.2 Å². The van der Waals surface area contributed by atoms with Crippen molar-refractivity contribution in [3.05, 3.63) is 64.1 Å². The fraction of sp³-hybridized carbons (Fsp3) is 0.261. The fourth-order valence-electron chi connectivity index (χ4n) is 3.65. The van der Waals surface area contributed by atoms with Crippen molar-refractivity contribution >= 4 is 32.6 Å². The number of fused-ring (bicyclic) bond motifs is 2. The Bertz CT molecular complexity index is 1070. The van der Waals surface area contributed by atoms with E-state index in [1.54, 1.807) is 14.2 Å². The number of amides is 1. The summed E-state index contributed by atoms with van der Waals surface area (Å²) in [5.74, 6) is 2.03. The molecule has 0 fully saturated rings. The maximum absolute atomic E-state index is 12.8. The summed E-state index contributed by atoms with van der Waals surface area (Å²) in [7, 11) is 3.25. The van der Waals surface area contributed by atoms with E-state index in [4.69, 9.17) is 14.2 Å². The highest BCUT2D eigenvalue weighted by atomic mass is 79.9. The number of halogens is 1. The lowest BCUT2D eigenvalue weighted by atomic mass is 9.99. The van der Waals surface area contributed by atoms with Crippen molar-refractivity contribution in [2.45, 2.75) is 13.0 Å². The third kappa shape index (κ3) is 3.90. The third-order valence-corrected chi connectivity index (χ3v) is 6.07. The summed E-state index contributed by atoms with van der Waals surface area (Å²) >= 11 is 3.60. The summed E-state index contributed by atoms with van der Waals surface area (Å²) in [6.45, 7) is 1.19. The Morgan fingerprint density at radius 3 is 2.48 bits per heavy atom. The number of nitrogens with zero attached hydrogens (tertiary/aromatic N) is 1. The minimum Gasteiger partial charge on any atom is -0.493 e. The second kappa shape index (κ2) is 8.33. The molecule has 0 unspecified atom stereocenters. The Morgan fingerprint density at radius 2 is 1.72 bits per heavy atom. The van der Waals surface area contributed by atoms with Gasteiger partial charge in [0, 0.05) is 13.1 Å². The number of rotatable bonds is 5. The first kappa shape index (κ1) is 19.6. The standard InChI is InChI=1S/C23H22BrNO4/c1-27-20-11-16-9-10-25(13-17(16)12-21(20)28-2)22(26)14-29-19-8-7-15-5-3-4-6-18(15)23(19)24/h3-8,11-12H,9-10,13-14H2,1-2H3. The van der Waals surface area contributed by atoms with E-state index in [1.165, 1.54) is 5.56 Å². The van der Waals surface area contributed by atoms with E-state index in [9.17, 15) is 4.79 Å². The molecule has 1 aliphatic heterocycles. The monoisotopic (exact) mass is 455 g/mol. The van der Waals surface area contributed by atoms with Crippen LogP contribution in [0.3, 0.4) is 0 Å². The number of benzene rings is 3. The second-order valence-corrected chi connectivity index (χ2v) is 7.72. The smallest absolute Gasteiger partial charge is 0.260 e. The van der Waals surface area contributed by atoms with Crippen molar-refractivity contribution in [3.63, 3.8) is 0 Å². The van der Waals surface area contributed by atoms with Gasteiger partial charge in [-0.25, -0.2) is 0 Å². The Kier molecular flexibility index (Phi) is 5.62. The lowest BCUT2D eigenvalue weighted by molar-refractivity contribution is -0.134. The summed E-state index contributed by atoms with van der Waals surface area (Å²) in [5.41, 5.74) is 2.26. The molecule has 0 aromatic heterocycles. The van der Waals surface area contributed by atoms with E-state index >= 15 is 0 Å². The zero-order valence-electron chi connectivity index (χ0n) is 16.4. The molecule has 6 heteroatoms. The first-order valence-corrected chi connectivity index (χ1v) is 10.2. The number of hydrogen-bond acceptors (Lipinski definition) is 4. The second-order valence-electron chi connectivity index (χ2n) is 6.93. The van der Waals surface area contributed by atoms with Crippen LogP contribution in [0.1, 0.15) is 11.1 Å². The van der Waals surface area contributed by atoms with E-state index in [0.29, 0.717) is 24.6 Å². The van der Waals surface area contributed by atoms with Gasteiger partial charge in [-0.1, -0.05) is 30.3 Å². The molecule has 3 aromatic rings. The molecular weight excluding hydrogens is 434 g/mol. The van der Waals surface area contributed by atoms with Crippen LogP contribution in [0.4, 0.5) is 0 Å². The molecule has 1 amide bonds. The lowest BCUT2D eigenvalue weighted by Crippen LogP contribution is -2.38. The average Bonchev–Trinajstić information content (AvgIpc) is 2.77. The predicted molar refractivity (Wildman–Crippen MR) is 116 cm³/mol. The van der Waals surface area contributed by atoms with Crippen molar-refractivity contribution in [1.29, 1.82) is 0 Å². The first-order chi connectivity index (χ1) is 14.1. The predicted octanol–water partition coefficient (Wildman–Crippen LogP) is 4.58. The van der Waals surface area contributed by atoms with Crippen LogP contribution in [-0.4, -0.2) is 38.2 Å². The molecule has 150 valence electrons. The highest BCUT2D eigenvalue weighted by Gasteiger charge is 2.23. The molecule has 3 aromatic carbocycles. The molecule has 0 atom stereocenters. The van der Waals surface area contributed by atoms with Gasteiger partial charge in [-0.3, -0.25) is 4.79 Å². The maximum atomic E-state index is 12.8. The van der Waals surface area contributed by atoms with Crippen LogP contribution in [-0.2, 0) is 17.8 Å². The summed E-state index contributed by atoms with van der Waals surface area (Å²) < 4.78 is 17.5. The molecule has 29 heavy (non-hydrogen) atoms. The van der Waals surface area contributed by atoms with Gasteiger partial charge in [0.2, 0.25) is 0 Å². The maximum Gasteiger partial charge on any atom is 0.260 e. The van der Waals surface area contributed by atoms with E-state index in [2.05, 4.69) is 15.9 Å². The zero-order chi connectivity index (χ0) is 20.4. The van der Waals surface area contributed by atoms with Crippen molar-refractivity contribution in [2.75, 3.05) is 27.4 Å². The van der Waals surface area contributed by atoms with Gasteiger partial charge in [-0.05, 0) is 62.4 Å². The molecule has 4 rings (SSSR count). The van der Waals surface area contributed by atoms with Crippen LogP contribution in [0, 0.1) is 0 Å². The van der Waals surface area contributed by atoms with Crippen LogP contribution in [0.15, 0.2) is 53.0 Å². The van der Waals surface area contributed by atoms with Crippen LogP contribution in [0.2, 0.25) is 0 Å². The average molecular weight is 456 g/mol. The molecule has 0 saturated heterocycles. The number of carbonyl (C=O) groups is 1. The quantitative estimate of drug-likeness (QED) is 0.564. The van der Waals surface area contributed by atoms with Gasteiger partial charge in [-0.2, -0.15) is 0 Å².